The van der Waals surface area contributed by atoms with Gasteiger partial charge in [-0.05, 0) is 38.7 Å². The Hall–Kier alpha value is -2.64. The molecule has 2 aliphatic carbocycles. The minimum absolute atomic E-state index is 0.00209. The SMILES string of the molecule is C[C@]1(O)C[C@@H](n2ncc(-c3onc(-c4cccc(OCCN5CCOCC5)c4Cl)c3COC3CC3)c2C(F)(F)F)C1. The molecule has 1 aromatic carbocycles. The van der Waals surface area contributed by atoms with Crippen LogP contribution in [-0.2, 0) is 22.3 Å². The lowest BCUT2D eigenvalue weighted by molar-refractivity contribution is -0.148. The first-order valence-electron chi connectivity index (χ1n) is 13.8. The molecule has 1 aliphatic heterocycles. The van der Waals surface area contributed by atoms with Gasteiger partial charge in [0.25, 0.3) is 0 Å². The van der Waals surface area contributed by atoms with Gasteiger partial charge >= 0.3 is 6.18 Å². The Labute approximate surface area is 240 Å². The lowest BCUT2D eigenvalue weighted by Crippen LogP contribution is -2.43. The number of morpholine rings is 1. The predicted molar refractivity (Wildman–Crippen MR) is 143 cm³/mol. The van der Waals surface area contributed by atoms with Gasteiger partial charge in [-0.15, -0.1) is 0 Å². The highest BCUT2D eigenvalue weighted by molar-refractivity contribution is 6.34. The van der Waals surface area contributed by atoms with Crippen molar-refractivity contribution in [2.24, 2.45) is 0 Å². The maximum atomic E-state index is 14.4. The zero-order valence-corrected chi connectivity index (χ0v) is 23.4. The molecule has 3 aliphatic rings. The maximum absolute atomic E-state index is 14.4. The van der Waals surface area contributed by atoms with E-state index in [1.165, 1.54) is 0 Å². The van der Waals surface area contributed by atoms with Crippen molar-refractivity contribution >= 4 is 11.6 Å². The molecule has 3 fully saturated rings. The fraction of sp³-hybridized carbons (Fsp3) is 0.571. The Balaban J connectivity index is 1.32. The van der Waals surface area contributed by atoms with Gasteiger partial charge in [0.2, 0.25) is 0 Å². The Morgan fingerprint density at radius 1 is 1.17 bits per heavy atom. The third-order valence-electron chi connectivity index (χ3n) is 7.77. The lowest BCUT2D eigenvalue weighted by atomic mass is 9.77. The first-order chi connectivity index (χ1) is 19.6. The molecule has 0 bridgehead atoms. The van der Waals surface area contributed by atoms with Crippen LogP contribution in [-0.4, -0.2) is 76.1 Å². The summed E-state index contributed by atoms with van der Waals surface area (Å²) in [5.41, 5.74) is -1.08. The molecule has 222 valence electrons. The van der Waals surface area contributed by atoms with Gasteiger partial charge in [0.1, 0.15) is 18.1 Å². The predicted octanol–water partition coefficient (Wildman–Crippen LogP) is 5.35. The largest absolute Gasteiger partial charge is 0.491 e. The molecule has 6 rings (SSSR count). The number of benzene rings is 1. The molecule has 0 spiro atoms. The second-order valence-electron chi connectivity index (χ2n) is 11.2. The van der Waals surface area contributed by atoms with Crippen LogP contribution in [0.5, 0.6) is 5.75 Å². The summed E-state index contributed by atoms with van der Waals surface area (Å²) in [7, 11) is 0. The van der Waals surface area contributed by atoms with Crippen LogP contribution < -0.4 is 4.74 Å². The molecule has 13 heteroatoms. The first-order valence-corrected chi connectivity index (χ1v) is 14.2. The second-order valence-corrected chi connectivity index (χ2v) is 11.6. The van der Waals surface area contributed by atoms with Crippen molar-refractivity contribution in [3.63, 3.8) is 0 Å². The molecular formula is C28H32ClF3N4O5. The van der Waals surface area contributed by atoms with Gasteiger partial charge in [0.05, 0.1) is 59.9 Å². The van der Waals surface area contributed by atoms with E-state index in [-0.39, 0.29) is 47.6 Å². The van der Waals surface area contributed by atoms with Gasteiger partial charge in [-0.1, -0.05) is 28.9 Å². The maximum Gasteiger partial charge on any atom is 0.433 e. The number of aromatic nitrogens is 3. The van der Waals surface area contributed by atoms with E-state index in [0.29, 0.717) is 43.2 Å². The van der Waals surface area contributed by atoms with E-state index in [9.17, 15) is 18.3 Å². The molecule has 41 heavy (non-hydrogen) atoms. The summed E-state index contributed by atoms with van der Waals surface area (Å²) in [6, 6.07) is 4.65. The van der Waals surface area contributed by atoms with Gasteiger partial charge in [0, 0.05) is 25.2 Å². The molecule has 9 nitrogen and oxygen atoms in total. The monoisotopic (exact) mass is 596 g/mol. The zero-order chi connectivity index (χ0) is 28.8. The summed E-state index contributed by atoms with van der Waals surface area (Å²) >= 11 is 6.77. The standard InChI is InChI=1S/C28H32ClF3N4O5/c1-27(37)13-17(14-27)36-26(28(30,31)32)20(15-33-36)25-21(16-40-18-5-6-18)24(34-41-25)19-3-2-4-22(23(19)29)39-12-9-35-7-10-38-11-8-35/h2-4,15,17-18,37H,5-14,16H2,1H3/t17-,27+. The zero-order valence-electron chi connectivity index (χ0n) is 22.6. The van der Waals surface area contributed by atoms with Crippen molar-refractivity contribution in [3.05, 3.63) is 40.7 Å². The molecular weight excluding hydrogens is 565 g/mol. The second kappa shape index (κ2) is 11.2. The van der Waals surface area contributed by atoms with E-state index < -0.39 is 23.5 Å². The number of alkyl halides is 3. The van der Waals surface area contributed by atoms with Crippen molar-refractivity contribution in [1.82, 2.24) is 19.8 Å². The summed E-state index contributed by atoms with van der Waals surface area (Å²) in [5.74, 6) is 0.372. The Kier molecular flexibility index (Phi) is 7.79. The fourth-order valence-corrected chi connectivity index (χ4v) is 5.70. The average Bonchev–Trinajstić information content (AvgIpc) is 3.48. The van der Waals surface area contributed by atoms with Crippen LogP contribution in [0.15, 0.2) is 28.9 Å². The number of nitrogens with zero attached hydrogens (tertiary/aromatic N) is 4. The van der Waals surface area contributed by atoms with Crippen LogP contribution in [0.2, 0.25) is 5.02 Å². The van der Waals surface area contributed by atoms with E-state index >= 15 is 0 Å². The quantitative estimate of drug-likeness (QED) is 0.335. The van der Waals surface area contributed by atoms with Crippen molar-refractivity contribution in [1.29, 1.82) is 0 Å². The summed E-state index contributed by atoms with van der Waals surface area (Å²) in [6.07, 6.45) is -1.42. The number of aliphatic hydroxyl groups is 1. The highest BCUT2D eigenvalue weighted by atomic mass is 35.5. The number of rotatable bonds is 10. The van der Waals surface area contributed by atoms with Crippen molar-refractivity contribution in [2.75, 3.05) is 39.5 Å². The molecule has 1 saturated heterocycles. The molecule has 0 unspecified atom stereocenters. The summed E-state index contributed by atoms with van der Waals surface area (Å²) < 4.78 is 67.1. The van der Waals surface area contributed by atoms with Gasteiger partial charge in [-0.2, -0.15) is 18.3 Å². The van der Waals surface area contributed by atoms with Gasteiger partial charge < -0.3 is 23.8 Å². The molecule has 2 aromatic heterocycles. The van der Waals surface area contributed by atoms with E-state index in [4.69, 9.17) is 30.3 Å². The molecule has 1 N–H and O–H groups in total. The molecule has 2 saturated carbocycles. The molecule has 0 radical (unpaired) electrons. The number of hydrogen-bond acceptors (Lipinski definition) is 8. The van der Waals surface area contributed by atoms with Gasteiger partial charge in [-0.3, -0.25) is 9.58 Å². The van der Waals surface area contributed by atoms with Crippen LogP contribution in [0.25, 0.3) is 22.6 Å². The third kappa shape index (κ3) is 6.12. The minimum atomic E-state index is -4.72. The Morgan fingerprint density at radius 2 is 1.93 bits per heavy atom. The number of ether oxygens (including phenoxy) is 3. The van der Waals surface area contributed by atoms with Crippen LogP contribution in [0.1, 0.15) is 49.9 Å². The molecule has 3 aromatic rings. The topological polar surface area (TPSA) is 95.0 Å². The lowest BCUT2D eigenvalue weighted by Gasteiger charge is -2.41. The van der Waals surface area contributed by atoms with E-state index in [1.54, 1.807) is 25.1 Å². The smallest absolute Gasteiger partial charge is 0.433 e. The average molecular weight is 597 g/mol. The Bertz CT molecular complexity index is 1370. The fourth-order valence-electron chi connectivity index (χ4n) is 5.43. The first kappa shape index (κ1) is 28.5. The Morgan fingerprint density at radius 3 is 2.61 bits per heavy atom. The van der Waals surface area contributed by atoms with Gasteiger partial charge in [-0.25, -0.2) is 0 Å². The van der Waals surface area contributed by atoms with Crippen molar-refractivity contribution in [3.8, 4) is 28.3 Å². The normalized spacial score (nSPS) is 23.5. The molecule has 0 atom stereocenters. The van der Waals surface area contributed by atoms with Crippen LogP contribution >= 0.6 is 11.6 Å². The van der Waals surface area contributed by atoms with E-state index in [0.717, 1.165) is 36.8 Å². The minimum Gasteiger partial charge on any atom is -0.491 e. The molecule has 3 heterocycles. The summed E-state index contributed by atoms with van der Waals surface area (Å²) in [6.45, 7) is 5.75. The van der Waals surface area contributed by atoms with Crippen molar-refractivity contribution < 1.29 is 37.0 Å². The highest BCUT2D eigenvalue weighted by Gasteiger charge is 2.47. The van der Waals surface area contributed by atoms with Crippen LogP contribution in [0, 0.1) is 0 Å². The van der Waals surface area contributed by atoms with Crippen LogP contribution in [0.4, 0.5) is 13.2 Å². The van der Waals surface area contributed by atoms with E-state index in [1.807, 2.05) is 0 Å². The number of halogens is 4. The van der Waals surface area contributed by atoms with Gasteiger partial charge in [0.15, 0.2) is 11.5 Å². The number of hydrogen-bond donors (Lipinski definition) is 1. The van der Waals surface area contributed by atoms with Crippen LogP contribution in [0.3, 0.4) is 0 Å². The summed E-state index contributed by atoms with van der Waals surface area (Å²) in [5, 5.41) is 18.7. The molecule has 0 amide bonds. The van der Waals surface area contributed by atoms with Crippen molar-refractivity contribution in [2.45, 2.75) is 63.1 Å². The summed E-state index contributed by atoms with van der Waals surface area (Å²) in [4.78, 5) is 2.24. The highest BCUT2D eigenvalue weighted by Crippen LogP contribution is 2.48. The third-order valence-corrected chi connectivity index (χ3v) is 8.16. The van der Waals surface area contributed by atoms with E-state index in [2.05, 4.69) is 15.2 Å².